The van der Waals surface area contributed by atoms with Crippen LogP contribution in [0.3, 0.4) is 0 Å². The number of anilines is 1. The monoisotopic (exact) mass is 323 g/mol. The molecule has 1 aliphatic heterocycles. The minimum atomic E-state index is 0.136. The number of benzene rings is 1. The Bertz CT molecular complexity index is 485. The van der Waals surface area contributed by atoms with Crippen molar-refractivity contribution in [2.75, 3.05) is 44.2 Å². The molecule has 0 unspecified atom stereocenters. The third-order valence-electron chi connectivity index (χ3n) is 3.96. The van der Waals surface area contributed by atoms with E-state index >= 15 is 0 Å². The fourth-order valence-electron chi connectivity index (χ4n) is 2.60. The third-order valence-corrected chi connectivity index (χ3v) is 4.19. The molecule has 1 aromatic carbocycles. The lowest BCUT2D eigenvalue weighted by Crippen LogP contribution is -2.49. The van der Waals surface area contributed by atoms with Crippen molar-refractivity contribution in [3.05, 3.63) is 29.3 Å². The van der Waals surface area contributed by atoms with E-state index in [9.17, 15) is 4.79 Å². The number of amides is 1. The van der Waals surface area contributed by atoms with Gasteiger partial charge in [0.2, 0.25) is 5.91 Å². The Morgan fingerprint density at radius 3 is 2.64 bits per heavy atom. The van der Waals surface area contributed by atoms with Crippen molar-refractivity contribution < 1.29 is 4.79 Å². The average molecular weight is 324 g/mol. The molecule has 1 heterocycles. The normalized spacial score (nSPS) is 16.1. The topological polar surface area (TPSA) is 35.6 Å². The predicted octanol–water partition coefficient (Wildman–Crippen LogP) is 2.62. The average Bonchev–Trinajstić information content (AvgIpc) is 2.47. The zero-order valence-corrected chi connectivity index (χ0v) is 14.3. The lowest BCUT2D eigenvalue weighted by molar-refractivity contribution is -0.122. The van der Waals surface area contributed by atoms with E-state index in [-0.39, 0.29) is 5.91 Å². The maximum Gasteiger partial charge on any atom is 0.234 e. The van der Waals surface area contributed by atoms with Crippen molar-refractivity contribution >= 4 is 23.2 Å². The maximum absolute atomic E-state index is 11.9. The van der Waals surface area contributed by atoms with E-state index in [1.807, 2.05) is 18.2 Å². The van der Waals surface area contributed by atoms with Crippen molar-refractivity contribution in [1.82, 2.24) is 10.2 Å². The van der Waals surface area contributed by atoms with Gasteiger partial charge in [0.1, 0.15) is 0 Å². The predicted molar refractivity (Wildman–Crippen MR) is 92.6 cm³/mol. The van der Waals surface area contributed by atoms with Crippen LogP contribution in [0.5, 0.6) is 0 Å². The van der Waals surface area contributed by atoms with Gasteiger partial charge in [-0.15, -0.1) is 0 Å². The van der Waals surface area contributed by atoms with E-state index in [1.54, 1.807) is 0 Å². The first kappa shape index (κ1) is 17.1. The largest absolute Gasteiger partial charge is 0.369 e. The van der Waals surface area contributed by atoms with E-state index in [2.05, 4.69) is 35.0 Å². The second kappa shape index (κ2) is 8.39. The highest BCUT2D eigenvalue weighted by atomic mass is 35.5. The highest BCUT2D eigenvalue weighted by Gasteiger charge is 2.19. The first-order chi connectivity index (χ1) is 10.5. The molecule has 2 rings (SSSR count). The van der Waals surface area contributed by atoms with Crippen molar-refractivity contribution in [2.45, 2.75) is 20.3 Å². The highest BCUT2D eigenvalue weighted by molar-refractivity contribution is 6.30. The minimum absolute atomic E-state index is 0.136. The van der Waals surface area contributed by atoms with Gasteiger partial charge in [0.05, 0.1) is 6.54 Å². The minimum Gasteiger partial charge on any atom is -0.369 e. The molecule has 1 N–H and O–H groups in total. The molecule has 4 nitrogen and oxygen atoms in total. The van der Waals surface area contributed by atoms with E-state index in [0.29, 0.717) is 12.5 Å². The summed E-state index contributed by atoms with van der Waals surface area (Å²) < 4.78 is 0. The van der Waals surface area contributed by atoms with Crippen molar-refractivity contribution in [3.8, 4) is 0 Å². The molecule has 1 amide bonds. The molecule has 1 aromatic rings. The first-order valence-corrected chi connectivity index (χ1v) is 8.42. The van der Waals surface area contributed by atoms with Crippen molar-refractivity contribution in [2.24, 2.45) is 5.92 Å². The molecule has 0 saturated carbocycles. The molecule has 1 fully saturated rings. The molecular formula is C17H26ClN3O. The molecule has 0 aromatic heterocycles. The van der Waals surface area contributed by atoms with Gasteiger partial charge in [-0.1, -0.05) is 31.5 Å². The van der Waals surface area contributed by atoms with Gasteiger partial charge in [-0.25, -0.2) is 0 Å². The molecule has 0 spiro atoms. The molecule has 0 atom stereocenters. The SMILES string of the molecule is CC(C)CCNC(=O)CN1CCN(c2cccc(Cl)c2)CC1. The van der Waals surface area contributed by atoms with Gasteiger partial charge in [-0.2, -0.15) is 0 Å². The van der Waals surface area contributed by atoms with E-state index in [4.69, 9.17) is 11.6 Å². The quantitative estimate of drug-likeness (QED) is 0.874. The Labute approximate surface area is 138 Å². The van der Waals surface area contributed by atoms with Crippen LogP contribution in [0.15, 0.2) is 24.3 Å². The first-order valence-electron chi connectivity index (χ1n) is 8.04. The Morgan fingerprint density at radius 2 is 2.00 bits per heavy atom. The number of hydrogen-bond donors (Lipinski definition) is 1. The Balaban J connectivity index is 1.72. The Hall–Kier alpha value is -1.26. The number of nitrogens with one attached hydrogen (secondary N) is 1. The van der Waals surface area contributed by atoms with Crippen LogP contribution < -0.4 is 10.2 Å². The zero-order valence-electron chi connectivity index (χ0n) is 13.5. The van der Waals surface area contributed by atoms with Crippen LogP contribution >= 0.6 is 11.6 Å². The van der Waals surface area contributed by atoms with Gasteiger partial charge < -0.3 is 10.2 Å². The number of carbonyl (C=O) groups is 1. The molecule has 1 aliphatic rings. The fraction of sp³-hybridized carbons (Fsp3) is 0.588. The number of piperazine rings is 1. The van der Waals surface area contributed by atoms with Crippen LogP contribution in [0.4, 0.5) is 5.69 Å². The zero-order chi connectivity index (χ0) is 15.9. The number of halogens is 1. The molecule has 22 heavy (non-hydrogen) atoms. The fourth-order valence-corrected chi connectivity index (χ4v) is 2.78. The number of hydrogen-bond acceptors (Lipinski definition) is 3. The lowest BCUT2D eigenvalue weighted by Gasteiger charge is -2.35. The molecule has 122 valence electrons. The number of rotatable bonds is 6. The van der Waals surface area contributed by atoms with Crippen LogP contribution in [-0.2, 0) is 4.79 Å². The number of carbonyl (C=O) groups excluding carboxylic acids is 1. The highest BCUT2D eigenvalue weighted by Crippen LogP contribution is 2.20. The molecule has 0 aliphatic carbocycles. The maximum atomic E-state index is 11.9. The van der Waals surface area contributed by atoms with Gasteiger partial charge in [0, 0.05) is 43.4 Å². The summed E-state index contributed by atoms with van der Waals surface area (Å²) in [6.45, 7) is 9.29. The van der Waals surface area contributed by atoms with Gasteiger partial charge in [-0.3, -0.25) is 9.69 Å². The summed E-state index contributed by atoms with van der Waals surface area (Å²) in [7, 11) is 0. The van der Waals surface area contributed by atoms with Crippen LogP contribution in [0.2, 0.25) is 5.02 Å². The smallest absolute Gasteiger partial charge is 0.234 e. The summed E-state index contributed by atoms with van der Waals surface area (Å²) in [5.74, 6) is 0.762. The summed E-state index contributed by atoms with van der Waals surface area (Å²) in [6, 6.07) is 7.95. The van der Waals surface area contributed by atoms with Crippen molar-refractivity contribution in [1.29, 1.82) is 0 Å². The third kappa shape index (κ3) is 5.50. The summed E-state index contributed by atoms with van der Waals surface area (Å²) in [5.41, 5.74) is 1.16. The van der Waals surface area contributed by atoms with Crippen LogP contribution in [0.25, 0.3) is 0 Å². The molecule has 1 saturated heterocycles. The molecular weight excluding hydrogens is 298 g/mol. The summed E-state index contributed by atoms with van der Waals surface area (Å²) in [5, 5.41) is 3.77. The van der Waals surface area contributed by atoms with Gasteiger partial charge in [0.15, 0.2) is 0 Å². The van der Waals surface area contributed by atoms with E-state index in [1.165, 1.54) is 0 Å². The second-order valence-electron chi connectivity index (χ2n) is 6.28. The number of nitrogens with zero attached hydrogens (tertiary/aromatic N) is 2. The van der Waals surface area contributed by atoms with Gasteiger partial charge in [0.25, 0.3) is 0 Å². The Morgan fingerprint density at radius 1 is 1.27 bits per heavy atom. The van der Waals surface area contributed by atoms with Gasteiger partial charge >= 0.3 is 0 Å². The van der Waals surface area contributed by atoms with E-state index < -0.39 is 0 Å². The van der Waals surface area contributed by atoms with Crippen LogP contribution in [0, 0.1) is 5.92 Å². The summed E-state index contributed by atoms with van der Waals surface area (Å²) >= 11 is 6.04. The van der Waals surface area contributed by atoms with Crippen LogP contribution in [0.1, 0.15) is 20.3 Å². The second-order valence-corrected chi connectivity index (χ2v) is 6.71. The standard InChI is InChI=1S/C17H26ClN3O/c1-14(2)6-7-19-17(22)13-20-8-10-21(11-9-20)16-5-3-4-15(18)12-16/h3-5,12,14H,6-11,13H2,1-2H3,(H,19,22). The van der Waals surface area contributed by atoms with E-state index in [0.717, 1.165) is 49.9 Å². The van der Waals surface area contributed by atoms with Crippen molar-refractivity contribution in [3.63, 3.8) is 0 Å². The molecule has 5 heteroatoms. The summed E-state index contributed by atoms with van der Waals surface area (Å²) in [6.07, 6.45) is 1.04. The Kier molecular flexibility index (Phi) is 6.52. The lowest BCUT2D eigenvalue weighted by atomic mass is 10.1. The summed E-state index contributed by atoms with van der Waals surface area (Å²) in [4.78, 5) is 16.4. The van der Waals surface area contributed by atoms with Crippen LogP contribution in [-0.4, -0.2) is 50.1 Å². The molecule has 0 radical (unpaired) electrons. The molecule has 0 bridgehead atoms. The van der Waals surface area contributed by atoms with Gasteiger partial charge in [-0.05, 0) is 30.5 Å².